The average molecular weight is 544 g/mol. The molecular weight excluding hydrogens is 502 g/mol. The normalized spacial score (nSPS) is 15.0. The van der Waals surface area contributed by atoms with Gasteiger partial charge in [0.2, 0.25) is 21.8 Å². The van der Waals surface area contributed by atoms with Crippen molar-refractivity contribution in [1.82, 2.24) is 10.2 Å². The second-order valence-corrected chi connectivity index (χ2v) is 12.1. The number of nitrogens with one attached hydrogen (secondary N) is 1. The first-order valence-electron chi connectivity index (χ1n) is 13.3. The Morgan fingerprint density at radius 1 is 1.08 bits per heavy atom. The van der Waals surface area contributed by atoms with Crippen LogP contribution in [0.2, 0.25) is 0 Å². The van der Waals surface area contributed by atoms with Gasteiger partial charge in [-0.1, -0.05) is 56.5 Å². The molecule has 1 fully saturated rings. The third kappa shape index (κ3) is 7.49. The number of sulfonamides is 1. The Bertz CT molecular complexity index is 1220. The Hall–Kier alpha value is -3.07. The molecule has 1 atom stereocenters. The number of anilines is 1. The van der Waals surface area contributed by atoms with Crippen molar-refractivity contribution in [2.45, 2.75) is 77.9 Å². The standard InChI is InChI=1S/C29H41N3O5S/c1-6-25(29(34)30-24-14-8-7-9-15-24)31(19-23-13-11-10-12-22(23)3)28(33)20-32(38(5,35)36)26-18-21(2)16-17-27(26)37-4/h10-13,16-18,24-25H,6-9,14-15,19-20H2,1-5H3,(H,30,34). The second-order valence-electron chi connectivity index (χ2n) is 10.2. The summed E-state index contributed by atoms with van der Waals surface area (Å²) in [5, 5.41) is 3.16. The number of rotatable bonds is 11. The van der Waals surface area contributed by atoms with Crippen LogP contribution in [0.25, 0.3) is 0 Å². The molecule has 1 unspecified atom stereocenters. The van der Waals surface area contributed by atoms with Gasteiger partial charge in [-0.15, -0.1) is 0 Å². The molecule has 2 aromatic rings. The zero-order valence-electron chi connectivity index (χ0n) is 23.2. The fourth-order valence-corrected chi connectivity index (χ4v) is 5.87. The van der Waals surface area contributed by atoms with Crippen molar-refractivity contribution in [2.75, 3.05) is 24.2 Å². The smallest absolute Gasteiger partial charge is 0.244 e. The largest absolute Gasteiger partial charge is 0.495 e. The molecule has 9 heteroatoms. The number of aryl methyl sites for hydroxylation is 2. The van der Waals surface area contributed by atoms with Crippen LogP contribution in [0.1, 0.15) is 62.1 Å². The Morgan fingerprint density at radius 3 is 2.37 bits per heavy atom. The monoisotopic (exact) mass is 543 g/mol. The molecule has 1 aliphatic carbocycles. The minimum absolute atomic E-state index is 0.102. The molecule has 0 aliphatic heterocycles. The maximum Gasteiger partial charge on any atom is 0.244 e. The van der Waals surface area contributed by atoms with Gasteiger partial charge in [0.25, 0.3) is 0 Å². The summed E-state index contributed by atoms with van der Waals surface area (Å²) in [7, 11) is -2.39. The second kappa shape index (κ2) is 13.1. The maximum atomic E-state index is 14.0. The maximum absolute atomic E-state index is 14.0. The molecule has 0 aromatic heterocycles. The molecule has 1 saturated carbocycles. The molecule has 0 saturated heterocycles. The lowest BCUT2D eigenvalue weighted by Crippen LogP contribution is -2.54. The zero-order valence-corrected chi connectivity index (χ0v) is 24.0. The zero-order chi connectivity index (χ0) is 27.9. The van der Waals surface area contributed by atoms with E-state index in [1.165, 1.54) is 18.4 Å². The van der Waals surface area contributed by atoms with Crippen molar-refractivity contribution < 1.29 is 22.7 Å². The van der Waals surface area contributed by atoms with Gasteiger partial charge in [-0.05, 0) is 61.9 Å². The lowest BCUT2D eigenvalue weighted by atomic mass is 9.95. The van der Waals surface area contributed by atoms with Gasteiger partial charge in [0.15, 0.2) is 0 Å². The first kappa shape index (κ1) is 29.5. The van der Waals surface area contributed by atoms with Crippen LogP contribution in [0, 0.1) is 13.8 Å². The van der Waals surface area contributed by atoms with E-state index in [0.717, 1.165) is 52.9 Å². The summed E-state index contributed by atoms with van der Waals surface area (Å²) >= 11 is 0. The van der Waals surface area contributed by atoms with Gasteiger partial charge in [0.1, 0.15) is 18.3 Å². The Labute approximate surface area is 227 Å². The van der Waals surface area contributed by atoms with Gasteiger partial charge in [0, 0.05) is 12.6 Å². The van der Waals surface area contributed by atoms with Crippen LogP contribution in [-0.4, -0.2) is 57.1 Å². The summed E-state index contributed by atoms with van der Waals surface area (Å²) in [5.74, 6) is -0.297. The molecule has 3 rings (SSSR count). The minimum atomic E-state index is -3.85. The predicted octanol–water partition coefficient (Wildman–Crippen LogP) is 4.33. The minimum Gasteiger partial charge on any atom is -0.495 e. The molecule has 1 aliphatic rings. The average Bonchev–Trinajstić information content (AvgIpc) is 2.88. The molecule has 0 radical (unpaired) electrons. The number of carbonyl (C=O) groups is 2. The number of hydrogen-bond acceptors (Lipinski definition) is 5. The van der Waals surface area contributed by atoms with E-state index in [0.29, 0.717) is 17.9 Å². The van der Waals surface area contributed by atoms with Gasteiger partial charge < -0.3 is 15.0 Å². The van der Waals surface area contributed by atoms with E-state index in [4.69, 9.17) is 4.74 Å². The SMILES string of the molecule is CCC(C(=O)NC1CCCCC1)N(Cc1ccccc1C)C(=O)CN(c1cc(C)ccc1OC)S(C)(=O)=O. The molecule has 208 valence electrons. The number of hydrogen-bond donors (Lipinski definition) is 1. The molecule has 2 aromatic carbocycles. The highest BCUT2D eigenvalue weighted by Crippen LogP contribution is 2.31. The molecule has 2 amide bonds. The van der Waals surface area contributed by atoms with Gasteiger partial charge in [0.05, 0.1) is 19.1 Å². The summed E-state index contributed by atoms with van der Waals surface area (Å²) in [6.07, 6.45) is 6.67. The lowest BCUT2D eigenvalue weighted by Gasteiger charge is -2.34. The summed E-state index contributed by atoms with van der Waals surface area (Å²) in [5.41, 5.74) is 3.02. The van der Waals surface area contributed by atoms with Gasteiger partial charge >= 0.3 is 0 Å². The molecular formula is C29H41N3O5S. The van der Waals surface area contributed by atoms with Gasteiger partial charge in [-0.2, -0.15) is 0 Å². The highest BCUT2D eigenvalue weighted by atomic mass is 32.2. The molecule has 38 heavy (non-hydrogen) atoms. The first-order valence-corrected chi connectivity index (χ1v) is 15.2. The van der Waals surface area contributed by atoms with Crippen LogP contribution in [0.4, 0.5) is 5.69 Å². The van der Waals surface area contributed by atoms with Crippen molar-refractivity contribution in [3.63, 3.8) is 0 Å². The topological polar surface area (TPSA) is 96.0 Å². The van der Waals surface area contributed by atoms with E-state index in [9.17, 15) is 18.0 Å². The van der Waals surface area contributed by atoms with Crippen LogP contribution < -0.4 is 14.4 Å². The van der Waals surface area contributed by atoms with Crippen molar-refractivity contribution in [3.8, 4) is 5.75 Å². The van der Waals surface area contributed by atoms with Crippen molar-refractivity contribution in [1.29, 1.82) is 0 Å². The lowest BCUT2D eigenvalue weighted by molar-refractivity contribution is -0.140. The summed E-state index contributed by atoms with van der Waals surface area (Å²) in [6, 6.07) is 12.3. The number of ether oxygens (including phenoxy) is 1. The number of carbonyl (C=O) groups excluding carboxylic acids is 2. The van der Waals surface area contributed by atoms with Gasteiger partial charge in [-0.3, -0.25) is 13.9 Å². The van der Waals surface area contributed by atoms with Crippen LogP contribution in [0.5, 0.6) is 5.75 Å². The van der Waals surface area contributed by atoms with E-state index in [1.54, 1.807) is 12.1 Å². The Balaban J connectivity index is 1.97. The fraction of sp³-hybridized carbons (Fsp3) is 0.517. The van der Waals surface area contributed by atoms with E-state index in [2.05, 4.69) is 5.32 Å². The van der Waals surface area contributed by atoms with E-state index >= 15 is 0 Å². The van der Waals surface area contributed by atoms with Crippen LogP contribution in [0.15, 0.2) is 42.5 Å². The van der Waals surface area contributed by atoms with E-state index in [1.807, 2.05) is 51.1 Å². The molecule has 0 spiro atoms. The quantitative estimate of drug-likeness (QED) is 0.455. The fourth-order valence-electron chi connectivity index (χ4n) is 5.02. The number of benzene rings is 2. The van der Waals surface area contributed by atoms with Gasteiger partial charge in [-0.25, -0.2) is 8.42 Å². The van der Waals surface area contributed by atoms with E-state index < -0.39 is 28.5 Å². The molecule has 1 N–H and O–H groups in total. The molecule has 0 bridgehead atoms. The third-order valence-electron chi connectivity index (χ3n) is 7.22. The summed E-state index contributed by atoms with van der Waals surface area (Å²) in [6.45, 7) is 5.43. The highest BCUT2D eigenvalue weighted by Gasteiger charge is 2.33. The predicted molar refractivity (Wildman–Crippen MR) is 151 cm³/mol. The van der Waals surface area contributed by atoms with Crippen molar-refractivity contribution in [3.05, 3.63) is 59.2 Å². The Kier molecular flexibility index (Phi) is 10.2. The Morgan fingerprint density at radius 2 is 1.76 bits per heavy atom. The summed E-state index contributed by atoms with van der Waals surface area (Å²) in [4.78, 5) is 29.0. The third-order valence-corrected chi connectivity index (χ3v) is 8.35. The van der Waals surface area contributed by atoms with Crippen LogP contribution in [-0.2, 0) is 26.2 Å². The van der Waals surface area contributed by atoms with Crippen LogP contribution >= 0.6 is 0 Å². The molecule has 8 nitrogen and oxygen atoms in total. The number of amides is 2. The highest BCUT2D eigenvalue weighted by molar-refractivity contribution is 7.92. The van der Waals surface area contributed by atoms with Crippen molar-refractivity contribution in [2.24, 2.45) is 0 Å². The number of methoxy groups -OCH3 is 1. The number of nitrogens with zero attached hydrogens (tertiary/aromatic N) is 2. The van der Waals surface area contributed by atoms with Crippen molar-refractivity contribution >= 4 is 27.5 Å². The summed E-state index contributed by atoms with van der Waals surface area (Å²) < 4.78 is 32.4. The first-order chi connectivity index (χ1) is 18.0. The van der Waals surface area contributed by atoms with Crippen LogP contribution in [0.3, 0.4) is 0 Å². The van der Waals surface area contributed by atoms with E-state index in [-0.39, 0.29) is 18.5 Å². The molecule has 0 heterocycles.